The van der Waals surface area contributed by atoms with Crippen molar-refractivity contribution in [2.24, 2.45) is 0 Å². The molecule has 196 valence electrons. The van der Waals surface area contributed by atoms with Crippen LogP contribution in [-0.4, -0.2) is 12.3 Å². The Morgan fingerprint density at radius 2 is 1.29 bits per heavy atom. The van der Waals surface area contributed by atoms with Gasteiger partial charge in [0.05, 0.1) is 0 Å². The molecule has 3 aromatic rings. The third-order valence-electron chi connectivity index (χ3n) is 7.34. The zero-order valence-corrected chi connectivity index (χ0v) is 27.2. The number of halogens is 2. The fraction of sp³-hybridized carbons (Fsp3) is 0.548. The van der Waals surface area contributed by atoms with E-state index in [2.05, 4.69) is 84.9 Å². The van der Waals surface area contributed by atoms with Gasteiger partial charge in [0.1, 0.15) is 0 Å². The molecule has 35 heavy (non-hydrogen) atoms. The van der Waals surface area contributed by atoms with Gasteiger partial charge in [0.25, 0.3) is 0 Å². The summed E-state index contributed by atoms with van der Waals surface area (Å²) in [6.07, 6.45) is 14.1. The molecule has 3 aromatic carbocycles. The Hall–Kier alpha value is -0.0957. The van der Waals surface area contributed by atoms with Crippen LogP contribution in [0.2, 0.25) is 0 Å². The quantitative estimate of drug-likeness (QED) is 0.0933. The van der Waals surface area contributed by atoms with Gasteiger partial charge in [-0.3, -0.25) is 0 Å². The van der Waals surface area contributed by atoms with Crippen LogP contribution in [0.5, 0.6) is 0 Å². The molecule has 0 aliphatic rings. The Kier molecular flexibility index (Phi) is 17.9. The van der Waals surface area contributed by atoms with Gasteiger partial charge in [0, 0.05) is 0 Å². The van der Waals surface area contributed by atoms with Crippen molar-refractivity contribution >= 4 is 42.6 Å². The van der Waals surface area contributed by atoms with Crippen LogP contribution in [0.4, 0.5) is 0 Å². The van der Waals surface area contributed by atoms with E-state index >= 15 is 0 Å². The van der Waals surface area contributed by atoms with Gasteiger partial charge >= 0.3 is 35.6 Å². The second kappa shape index (κ2) is 19.0. The van der Waals surface area contributed by atoms with E-state index < -0.39 is 17.0 Å². The summed E-state index contributed by atoms with van der Waals surface area (Å²) in [7, 11) is 9.84. The van der Waals surface area contributed by atoms with Gasteiger partial charge in [0.2, 0.25) is 0 Å². The van der Waals surface area contributed by atoms with Crippen LogP contribution in [0, 0.1) is 34.6 Å². The standard InChI is InChI=1S/C21H32P.C10H15.2ClH.Ti/c1-3-5-7-11-15-22(16-12-8-6-4-2)21-17-19-13-9-10-14-20(19)18-21;1-6-7(2)9(4)10(5)8(6)3;;;/h9-10,13-14,17-18H,3-8,11-12,15-16H2,1-2H3;1-5H3;2*1H;/q2*-1;;;+2/p-2. The predicted octanol–water partition coefficient (Wildman–Crippen LogP) is 11.2. The van der Waals surface area contributed by atoms with E-state index in [1.165, 1.54) is 102 Å². The van der Waals surface area contributed by atoms with E-state index in [4.69, 9.17) is 18.6 Å². The van der Waals surface area contributed by atoms with Crippen LogP contribution in [0.25, 0.3) is 10.8 Å². The first kappa shape index (κ1) is 32.9. The Bertz CT molecular complexity index is 831. The van der Waals surface area contributed by atoms with E-state index in [9.17, 15) is 0 Å². The van der Waals surface area contributed by atoms with Crippen molar-refractivity contribution in [2.75, 3.05) is 12.3 Å². The van der Waals surface area contributed by atoms with Crippen LogP contribution >= 0.6 is 26.5 Å². The first-order chi connectivity index (χ1) is 16.8. The summed E-state index contributed by atoms with van der Waals surface area (Å²) in [4.78, 5) is 0. The van der Waals surface area contributed by atoms with Crippen molar-refractivity contribution in [3.05, 3.63) is 64.2 Å². The molecule has 0 atom stereocenters. The van der Waals surface area contributed by atoms with Gasteiger partial charge in [-0.05, 0) is 25.2 Å². The molecule has 0 aliphatic heterocycles. The van der Waals surface area contributed by atoms with Gasteiger partial charge in [-0.25, -0.2) is 0 Å². The Labute approximate surface area is 234 Å². The van der Waals surface area contributed by atoms with Crippen molar-refractivity contribution in [1.82, 2.24) is 0 Å². The molecule has 0 amide bonds. The molecule has 0 saturated heterocycles. The van der Waals surface area contributed by atoms with E-state index in [1.807, 2.05) is 0 Å². The molecular weight excluding hydrogens is 522 g/mol. The van der Waals surface area contributed by atoms with Crippen molar-refractivity contribution in [1.29, 1.82) is 0 Å². The summed E-state index contributed by atoms with van der Waals surface area (Å²) in [5, 5.41) is 4.53. The Morgan fingerprint density at radius 1 is 0.800 bits per heavy atom. The molecule has 0 spiro atoms. The van der Waals surface area contributed by atoms with E-state index in [0.29, 0.717) is 0 Å². The number of rotatable bonds is 11. The minimum absolute atomic E-state index is 0.0642. The number of hydrogen-bond acceptors (Lipinski definition) is 0. The van der Waals surface area contributed by atoms with E-state index in [1.54, 1.807) is 5.30 Å². The van der Waals surface area contributed by atoms with Gasteiger partial charge in [-0.1, -0.05) is 101 Å². The average Bonchev–Trinajstić information content (AvgIpc) is 3.36. The summed E-state index contributed by atoms with van der Waals surface area (Å²) in [6.45, 7) is 15.6. The topological polar surface area (TPSA) is 0 Å². The van der Waals surface area contributed by atoms with Crippen LogP contribution < -0.4 is 5.30 Å². The third kappa shape index (κ3) is 11.4. The number of fused-ring (bicyclic) bond motifs is 1. The maximum atomic E-state index is 4.89. The first-order valence-electron chi connectivity index (χ1n) is 13.4. The van der Waals surface area contributed by atoms with Crippen LogP contribution in [0.15, 0.2) is 36.4 Å². The fourth-order valence-corrected chi connectivity index (χ4v) is 7.15. The summed E-state index contributed by atoms with van der Waals surface area (Å²) < 4.78 is 0. The second-order valence-electron chi connectivity index (χ2n) is 9.65. The fourth-order valence-electron chi connectivity index (χ4n) is 4.55. The number of benzene rings is 1. The number of unbranched alkanes of at least 4 members (excludes halogenated alkanes) is 6. The van der Waals surface area contributed by atoms with Crippen LogP contribution in [0.3, 0.4) is 0 Å². The molecule has 0 nitrogen and oxygen atoms in total. The molecule has 0 N–H and O–H groups in total. The molecule has 0 saturated carbocycles. The summed E-state index contributed by atoms with van der Waals surface area (Å²) in [5.74, 6) is 0. The molecule has 0 aromatic heterocycles. The van der Waals surface area contributed by atoms with Gasteiger partial charge in [0.15, 0.2) is 0 Å². The molecular formula is C31H47Cl2PTi-2. The Morgan fingerprint density at radius 3 is 1.69 bits per heavy atom. The van der Waals surface area contributed by atoms with Gasteiger partial charge in [-0.15, -0.1) is 40.3 Å². The van der Waals surface area contributed by atoms with Crippen molar-refractivity contribution < 1.29 is 17.0 Å². The zero-order chi connectivity index (χ0) is 26.2. The van der Waals surface area contributed by atoms with Crippen molar-refractivity contribution in [2.45, 2.75) is 99.8 Å². The summed E-state index contributed by atoms with van der Waals surface area (Å²) in [5.41, 5.74) is 7.34. The van der Waals surface area contributed by atoms with Crippen molar-refractivity contribution in [3.63, 3.8) is 0 Å². The van der Waals surface area contributed by atoms with E-state index in [0.717, 1.165) is 0 Å². The van der Waals surface area contributed by atoms with Crippen LogP contribution in [-0.2, 0) is 17.0 Å². The molecule has 0 bridgehead atoms. The van der Waals surface area contributed by atoms with E-state index in [-0.39, 0.29) is 7.92 Å². The molecule has 4 heteroatoms. The van der Waals surface area contributed by atoms with Gasteiger partial charge in [-0.2, -0.15) is 33.9 Å². The normalized spacial score (nSPS) is 10.7. The molecule has 0 unspecified atom stereocenters. The SMILES string of the molecule is CCCCCCP(CCCCCC)c1cc2ccccc2[cH-]1.Cc1c(C)c(C)[c-](C)c1C.[Cl][Ti][Cl]. The average molecular weight is 569 g/mol. The molecule has 0 radical (unpaired) electrons. The summed E-state index contributed by atoms with van der Waals surface area (Å²) in [6, 6.07) is 13.8. The zero-order valence-electron chi connectivity index (χ0n) is 23.2. The van der Waals surface area contributed by atoms with Crippen LogP contribution in [0.1, 0.15) is 93.0 Å². The molecule has 3 rings (SSSR count). The van der Waals surface area contributed by atoms with Gasteiger partial charge < -0.3 is 0 Å². The first-order valence-corrected chi connectivity index (χ1v) is 19.4. The maximum absolute atomic E-state index is 4.89. The monoisotopic (exact) mass is 568 g/mol. The molecule has 0 aliphatic carbocycles. The third-order valence-corrected chi connectivity index (χ3v) is 10.0. The minimum atomic E-state index is -0.556. The second-order valence-corrected chi connectivity index (χ2v) is 14.7. The number of hydrogen-bond donors (Lipinski definition) is 0. The predicted molar refractivity (Wildman–Crippen MR) is 162 cm³/mol. The summed E-state index contributed by atoms with van der Waals surface area (Å²) >= 11 is -0.556. The molecule has 0 fully saturated rings. The van der Waals surface area contributed by atoms with Crippen molar-refractivity contribution in [3.8, 4) is 0 Å². The Balaban J connectivity index is 0.000000391. The molecule has 0 heterocycles.